The molecule has 3 aromatic heterocycles. The smallest absolute Gasteiger partial charge is 0.167 e. The van der Waals surface area contributed by atoms with E-state index < -0.39 is 29.8 Å². The number of ether oxygens (including phenoxy) is 1. The Labute approximate surface area is 145 Å². The number of imidazole rings is 1. The number of aliphatic hydroxyl groups is 2. The Bertz CT molecular complexity index is 857. The molecule has 1 unspecified atom stereocenters. The van der Waals surface area contributed by atoms with Crippen molar-refractivity contribution >= 4 is 40.9 Å². The zero-order valence-corrected chi connectivity index (χ0v) is 13.9. The highest BCUT2D eigenvalue weighted by Crippen LogP contribution is 2.40. The second kappa shape index (κ2) is 5.93. The lowest BCUT2D eigenvalue weighted by Gasteiger charge is -2.19. The van der Waals surface area contributed by atoms with Gasteiger partial charge in [-0.05, 0) is 0 Å². The van der Waals surface area contributed by atoms with E-state index in [0.717, 1.165) is 0 Å². The molecule has 9 nitrogen and oxygen atoms in total. The van der Waals surface area contributed by atoms with Gasteiger partial charge in [0.05, 0.1) is 11.6 Å². The third-order valence-corrected chi connectivity index (χ3v) is 5.52. The summed E-state index contributed by atoms with van der Waals surface area (Å²) in [7, 11) is 0. The van der Waals surface area contributed by atoms with Crippen LogP contribution >= 0.6 is 24.0 Å². The zero-order valence-electron chi connectivity index (χ0n) is 12.2. The second-order valence-electron chi connectivity index (χ2n) is 5.37. The third-order valence-electron chi connectivity index (χ3n) is 3.95. The van der Waals surface area contributed by atoms with Crippen molar-refractivity contribution in [3.05, 3.63) is 29.2 Å². The first-order valence-corrected chi connectivity index (χ1v) is 8.49. The number of hydrogen-bond donors (Lipinski definition) is 4. The van der Waals surface area contributed by atoms with E-state index >= 15 is 0 Å². The van der Waals surface area contributed by atoms with E-state index in [-0.39, 0.29) is 5.82 Å². The summed E-state index contributed by atoms with van der Waals surface area (Å²) in [6.07, 6.45) is 0.533. The maximum Gasteiger partial charge on any atom is 0.167 e. The average Bonchev–Trinajstić information content (AvgIpc) is 3.29. The Kier molecular flexibility index (Phi) is 3.89. The van der Waals surface area contributed by atoms with E-state index in [1.54, 1.807) is 6.20 Å². The van der Waals surface area contributed by atoms with Gasteiger partial charge in [-0.1, -0.05) is 0 Å². The molecule has 0 radical (unpaired) electrons. The van der Waals surface area contributed by atoms with Gasteiger partial charge in [-0.3, -0.25) is 4.57 Å². The van der Waals surface area contributed by atoms with Gasteiger partial charge in [-0.25, -0.2) is 19.9 Å². The summed E-state index contributed by atoms with van der Waals surface area (Å²) in [6, 6.07) is 0. The molecule has 1 aliphatic rings. The fraction of sp³-hybridized carbons (Fsp3) is 0.385. The molecular formula is C13H14N6O3S2. The summed E-state index contributed by atoms with van der Waals surface area (Å²) in [6.45, 7) is 0. The molecule has 4 heterocycles. The molecule has 0 amide bonds. The number of fused-ring (bicyclic) bond motifs is 1. The van der Waals surface area contributed by atoms with Gasteiger partial charge in [0.15, 0.2) is 17.7 Å². The van der Waals surface area contributed by atoms with Crippen molar-refractivity contribution < 1.29 is 14.9 Å². The van der Waals surface area contributed by atoms with Crippen LogP contribution in [0.4, 0.5) is 5.82 Å². The molecular weight excluding hydrogens is 352 g/mol. The van der Waals surface area contributed by atoms with Crippen LogP contribution in [0, 0.1) is 0 Å². The first-order chi connectivity index (χ1) is 11.6. The number of nitrogen functional groups attached to an aromatic ring is 1. The van der Waals surface area contributed by atoms with Crippen LogP contribution < -0.4 is 5.73 Å². The van der Waals surface area contributed by atoms with E-state index in [0.29, 0.717) is 16.2 Å². The molecule has 4 N–H and O–H groups in total. The number of aromatic nitrogens is 5. The molecule has 0 bridgehead atoms. The normalized spacial score (nSPS) is 28.5. The fourth-order valence-electron chi connectivity index (χ4n) is 2.75. The molecule has 1 aliphatic heterocycles. The number of thiol groups is 1. The quantitative estimate of drug-likeness (QED) is 0.482. The number of hydrogen-bond acceptors (Lipinski definition) is 10. The number of nitrogens with zero attached hydrogens (tertiary/aromatic N) is 5. The molecule has 1 fully saturated rings. The van der Waals surface area contributed by atoms with Crippen LogP contribution in [0.15, 0.2) is 24.2 Å². The van der Waals surface area contributed by atoms with Crippen LogP contribution in [0.25, 0.3) is 11.2 Å². The molecule has 1 saturated heterocycles. The summed E-state index contributed by atoms with van der Waals surface area (Å²) >= 11 is 5.90. The summed E-state index contributed by atoms with van der Waals surface area (Å²) < 4.78 is 7.41. The molecule has 24 heavy (non-hydrogen) atoms. The van der Waals surface area contributed by atoms with Crippen LogP contribution in [0.1, 0.15) is 16.5 Å². The molecule has 0 saturated carbocycles. The minimum atomic E-state index is -1.17. The lowest BCUT2D eigenvalue weighted by molar-refractivity contribution is -0.0351. The highest BCUT2D eigenvalue weighted by Gasteiger charge is 2.47. The molecule has 126 valence electrons. The monoisotopic (exact) mass is 366 g/mol. The molecule has 4 rings (SSSR count). The topological polar surface area (TPSA) is 132 Å². The van der Waals surface area contributed by atoms with Crippen LogP contribution in [-0.4, -0.2) is 53.0 Å². The largest absolute Gasteiger partial charge is 0.387 e. The lowest BCUT2D eigenvalue weighted by Crippen LogP contribution is -2.33. The van der Waals surface area contributed by atoms with Gasteiger partial charge < -0.3 is 20.7 Å². The molecule has 0 spiro atoms. The van der Waals surface area contributed by atoms with Gasteiger partial charge in [0.2, 0.25) is 0 Å². The van der Waals surface area contributed by atoms with Gasteiger partial charge in [0.25, 0.3) is 0 Å². The standard InChI is InChI=1S/C13H14N6O3S2/c14-10-5-11(17-3-16-10)19(4-18-5)13-7(21)6(20)8(22-13)9(23)12-15-1-2-24-12/h1-4,6-9,13,20-21,23H,(H2,14,16,17)/t6-,7-,8-,9?,13+/m1/s1. The minimum absolute atomic E-state index is 0.234. The van der Waals surface area contributed by atoms with Crippen molar-refractivity contribution in [3.8, 4) is 0 Å². The molecule has 0 aliphatic carbocycles. The summed E-state index contributed by atoms with van der Waals surface area (Å²) in [5.41, 5.74) is 6.60. The minimum Gasteiger partial charge on any atom is -0.387 e. The van der Waals surface area contributed by atoms with Gasteiger partial charge in [0.1, 0.15) is 35.2 Å². The Morgan fingerprint density at radius 1 is 1.25 bits per heavy atom. The van der Waals surface area contributed by atoms with Crippen LogP contribution in [0.2, 0.25) is 0 Å². The van der Waals surface area contributed by atoms with Crippen molar-refractivity contribution in [3.63, 3.8) is 0 Å². The van der Waals surface area contributed by atoms with Gasteiger partial charge in [-0.2, -0.15) is 12.6 Å². The van der Waals surface area contributed by atoms with E-state index in [1.165, 1.54) is 28.6 Å². The Hall–Kier alpha value is -1.79. The maximum atomic E-state index is 10.4. The van der Waals surface area contributed by atoms with E-state index in [2.05, 4.69) is 32.6 Å². The summed E-state index contributed by atoms with van der Waals surface area (Å²) in [5.74, 6) is 0.234. The average molecular weight is 366 g/mol. The van der Waals surface area contributed by atoms with Crippen molar-refractivity contribution in [1.29, 1.82) is 0 Å². The van der Waals surface area contributed by atoms with Crippen molar-refractivity contribution in [2.24, 2.45) is 0 Å². The Balaban J connectivity index is 1.68. The van der Waals surface area contributed by atoms with Crippen molar-refractivity contribution in [2.75, 3.05) is 5.73 Å². The number of nitrogens with two attached hydrogens (primary N) is 1. The molecule has 11 heteroatoms. The predicted molar refractivity (Wildman–Crippen MR) is 89.5 cm³/mol. The van der Waals surface area contributed by atoms with E-state index in [1.807, 2.05) is 5.38 Å². The fourth-order valence-corrected chi connectivity index (χ4v) is 3.91. The maximum absolute atomic E-state index is 10.4. The Morgan fingerprint density at radius 2 is 2.08 bits per heavy atom. The van der Waals surface area contributed by atoms with E-state index in [9.17, 15) is 10.2 Å². The van der Waals surface area contributed by atoms with Gasteiger partial charge in [0, 0.05) is 11.6 Å². The highest BCUT2D eigenvalue weighted by molar-refractivity contribution is 7.80. The predicted octanol–water partition coefficient (Wildman–Crippen LogP) is 0.155. The number of thiazole rings is 1. The summed E-state index contributed by atoms with van der Waals surface area (Å²) in [5, 5.41) is 22.9. The number of aliphatic hydroxyl groups excluding tert-OH is 2. The molecule has 5 atom stereocenters. The van der Waals surface area contributed by atoms with Crippen LogP contribution in [0.5, 0.6) is 0 Å². The van der Waals surface area contributed by atoms with Crippen molar-refractivity contribution in [2.45, 2.75) is 29.8 Å². The number of rotatable bonds is 3. The lowest BCUT2D eigenvalue weighted by atomic mass is 10.1. The zero-order chi connectivity index (χ0) is 16.8. The first kappa shape index (κ1) is 15.7. The van der Waals surface area contributed by atoms with Crippen molar-refractivity contribution in [1.82, 2.24) is 24.5 Å². The van der Waals surface area contributed by atoms with Crippen LogP contribution in [0.3, 0.4) is 0 Å². The Morgan fingerprint density at radius 3 is 2.83 bits per heavy atom. The summed E-state index contributed by atoms with van der Waals surface area (Å²) in [4.78, 5) is 16.3. The third kappa shape index (κ3) is 2.36. The second-order valence-corrected chi connectivity index (χ2v) is 6.85. The van der Waals surface area contributed by atoms with Crippen LogP contribution in [-0.2, 0) is 4.74 Å². The van der Waals surface area contributed by atoms with E-state index in [4.69, 9.17) is 10.5 Å². The molecule has 0 aromatic carbocycles. The number of anilines is 1. The van der Waals surface area contributed by atoms with Gasteiger partial charge in [-0.15, -0.1) is 11.3 Å². The highest BCUT2D eigenvalue weighted by atomic mass is 32.1. The SMILES string of the molecule is Nc1ncnc2c1ncn2[C@H]1O[C@@H](C(S)c2nccs2)[C@H](O)[C@H]1O. The molecule has 3 aromatic rings. The first-order valence-electron chi connectivity index (χ1n) is 7.10. The van der Waals surface area contributed by atoms with Gasteiger partial charge >= 0.3 is 0 Å².